The van der Waals surface area contributed by atoms with Gasteiger partial charge in [-0.2, -0.15) is 0 Å². The Morgan fingerprint density at radius 1 is 0.848 bits per heavy atom. The number of carbonyl (C=O) groups is 2. The van der Waals surface area contributed by atoms with E-state index < -0.39 is 0 Å². The van der Waals surface area contributed by atoms with Gasteiger partial charge >= 0.3 is 0 Å². The maximum atomic E-state index is 13.4. The van der Waals surface area contributed by atoms with Crippen LogP contribution >= 0.6 is 0 Å². The van der Waals surface area contributed by atoms with E-state index in [1.807, 2.05) is 38.1 Å². The lowest BCUT2D eigenvalue weighted by Crippen LogP contribution is -2.33. The van der Waals surface area contributed by atoms with Crippen LogP contribution in [-0.4, -0.2) is 30.1 Å². The summed E-state index contributed by atoms with van der Waals surface area (Å²) in [5.41, 5.74) is 4.39. The lowest BCUT2D eigenvalue weighted by atomic mass is 9.99. The van der Waals surface area contributed by atoms with Crippen LogP contribution in [0.15, 0.2) is 42.1 Å². The molecule has 2 aromatic rings. The molecule has 2 heterocycles. The minimum Gasteiger partial charge on any atom is -0.454 e. The summed E-state index contributed by atoms with van der Waals surface area (Å²) in [6, 6.07) is 11.3. The molecule has 0 saturated heterocycles. The third-order valence-electron chi connectivity index (χ3n) is 6.34. The Balaban J connectivity index is 1.59. The van der Waals surface area contributed by atoms with Crippen LogP contribution in [0.3, 0.4) is 0 Å². The van der Waals surface area contributed by atoms with Crippen LogP contribution < -0.4 is 14.8 Å². The highest BCUT2D eigenvalue weighted by Crippen LogP contribution is 2.37. The van der Waals surface area contributed by atoms with Crippen molar-refractivity contribution in [2.24, 2.45) is 0 Å². The number of nitrogens with zero attached hydrogens (tertiary/aromatic N) is 1. The van der Waals surface area contributed by atoms with Crippen molar-refractivity contribution in [2.45, 2.75) is 59.3 Å². The summed E-state index contributed by atoms with van der Waals surface area (Å²) in [5.74, 6) is 0.774. The molecule has 0 aromatic heterocycles. The van der Waals surface area contributed by atoms with Crippen molar-refractivity contribution in [2.75, 3.05) is 18.7 Å². The Kier molecular flexibility index (Phi) is 7.02. The summed E-state index contributed by atoms with van der Waals surface area (Å²) >= 11 is 0. The standard InChI is InChI=1S/C27H32N2O4/c1-4-5-6-7-8-9-14-29-26(30)24(20-11-10-18(2)19(3)15-20)25(27(29)31)28-21-12-13-22-23(16-21)33-17-32-22/h10-13,15-16,28H,4-9,14,17H2,1-3H3. The molecule has 0 aliphatic carbocycles. The van der Waals surface area contributed by atoms with E-state index in [-0.39, 0.29) is 18.6 Å². The second-order valence-electron chi connectivity index (χ2n) is 8.77. The molecule has 0 spiro atoms. The Morgan fingerprint density at radius 3 is 2.39 bits per heavy atom. The van der Waals surface area contributed by atoms with Crippen LogP contribution in [0.4, 0.5) is 5.69 Å². The summed E-state index contributed by atoms with van der Waals surface area (Å²) in [6.07, 6.45) is 6.58. The molecule has 1 N–H and O–H groups in total. The Labute approximate surface area is 195 Å². The van der Waals surface area contributed by atoms with Gasteiger partial charge in [0.1, 0.15) is 5.70 Å². The van der Waals surface area contributed by atoms with E-state index in [0.717, 1.165) is 36.0 Å². The Hall–Kier alpha value is -3.28. The first kappa shape index (κ1) is 22.9. The van der Waals surface area contributed by atoms with Gasteiger partial charge < -0.3 is 14.8 Å². The molecule has 0 bridgehead atoms. The SMILES string of the molecule is CCCCCCCCN1C(=O)C(Nc2ccc3c(c2)OCO3)=C(c2ccc(C)c(C)c2)C1=O. The summed E-state index contributed by atoms with van der Waals surface area (Å²) in [7, 11) is 0. The molecule has 33 heavy (non-hydrogen) atoms. The first-order valence-electron chi connectivity index (χ1n) is 11.8. The van der Waals surface area contributed by atoms with Crippen molar-refractivity contribution in [1.29, 1.82) is 0 Å². The van der Waals surface area contributed by atoms with Crippen LogP contribution in [0.25, 0.3) is 5.57 Å². The maximum absolute atomic E-state index is 13.4. The zero-order chi connectivity index (χ0) is 23.4. The highest BCUT2D eigenvalue weighted by molar-refractivity contribution is 6.36. The molecule has 0 saturated carbocycles. The average molecular weight is 449 g/mol. The number of carbonyl (C=O) groups excluding carboxylic acids is 2. The number of fused-ring (bicyclic) bond motifs is 1. The van der Waals surface area contributed by atoms with E-state index in [0.29, 0.717) is 35.0 Å². The molecular formula is C27H32N2O4. The van der Waals surface area contributed by atoms with Crippen molar-refractivity contribution >= 4 is 23.1 Å². The van der Waals surface area contributed by atoms with Gasteiger partial charge in [-0.25, -0.2) is 0 Å². The molecule has 0 fully saturated rings. The molecule has 6 heteroatoms. The van der Waals surface area contributed by atoms with E-state index in [1.54, 1.807) is 12.1 Å². The normalized spacial score (nSPS) is 15.1. The van der Waals surface area contributed by atoms with E-state index in [9.17, 15) is 9.59 Å². The first-order chi connectivity index (χ1) is 16.0. The lowest BCUT2D eigenvalue weighted by molar-refractivity contribution is -0.136. The number of rotatable bonds is 10. The number of unbranched alkanes of at least 4 members (excludes halogenated alkanes) is 5. The van der Waals surface area contributed by atoms with Gasteiger partial charge in [0.05, 0.1) is 5.57 Å². The lowest BCUT2D eigenvalue weighted by Gasteiger charge is -2.15. The highest BCUT2D eigenvalue weighted by Gasteiger charge is 2.39. The Bertz CT molecular complexity index is 1090. The van der Waals surface area contributed by atoms with Gasteiger partial charge in [-0.05, 0) is 49.1 Å². The van der Waals surface area contributed by atoms with Crippen LogP contribution in [0.1, 0.15) is 62.1 Å². The number of anilines is 1. The molecule has 2 amide bonds. The molecule has 0 radical (unpaired) electrons. The van der Waals surface area contributed by atoms with Crippen molar-refractivity contribution in [1.82, 2.24) is 4.90 Å². The fraction of sp³-hybridized carbons (Fsp3) is 0.407. The van der Waals surface area contributed by atoms with Gasteiger partial charge in [0, 0.05) is 18.3 Å². The minimum absolute atomic E-state index is 0.179. The molecule has 0 unspecified atom stereocenters. The minimum atomic E-state index is -0.278. The smallest absolute Gasteiger partial charge is 0.278 e. The predicted octanol–water partition coefficient (Wildman–Crippen LogP) is 5.58. The van der Waals surface area contributed by atoms with E-state index in [2.05, 4.69) is 12.2 Å². The zero-order valence-corrected chi connectivity index (χ0v) is 19.7. The summed E-state index contributed by atoms with van der Waals surface area (Å²) in [6.45, 7) is 6.85. The molecule has 2 aliphatic heterocycles. The largest absolute Gasteiger partial charge is 0.454 e. The molecule has 2 aromatic carbocycles. The summed E-state index contributed by atoms with van der Waals surface area (Å²) in [4.78, 5) is 28.2. The molecule has 2 aliphatic rings. The zero-order valence-electron chi connectivity index (χ0n) is 19.7. The summed E-state index contributed by atoms with van der Waals surface area (Å²) in [5, 5.41) is 3.21. The average Bonchev–Trinajstić information content (AvgIpc) is 3.36. The third-order valence-corrected chi connectivity index (χ3v) is 6.34. The number of aryl methyl sites for hydroxylation is 2. The third kappa shape index (κ3) is 4.90. The van der Waals surface area contributed by atoms with E-state index >= 15 is 0 Å². The van der Waals surface area contributed by atoms with Gasteiger partial charge in [-0.15, -0.1) is 0 Å². The van der Waals surface area contributed by atoms with Crippen LogP contribution in [0.2, 0.25) is 0 Å². The fourth-order valence-corrected chi connectivity index (χ4v) is 4.23. The van der Waals surface area contributed by atoms with Gasteiger partial charge in [-0.1, -0.05) is 57.2 Å². The number of imide groups is 1. The van der Waals surface area contributed by atoms with Gasteiger partial charge in [0.2, 0.25) is 6.79 Å². The van der Waals surface area contributed by atoms with Crippen LogP contribution in [0, 0.1) is 13.8 Å². The number of ether oxygens (including phenoxy) is 2. The highest BCUT2D eigenvalue weighted by atomic mass is 16.7. The Morgan fingerprint density at radius 2 is 1.61 bits per heavy atom. The van der Waals surface area contributed by atoms with Gasteiger partial charge in [0.15, 0.2) is 11.5 Å². The number of amides is 2. The van der Waals surface area contributed by atoms with E-state index in [1.165, 1.54) is 24.2 Å². The number of nitrogens with one attached hydrogen (secondary N) is 1. The van der Waals surface area contributed by atoms with Crippen molar-refractivity contribution in [3.8, 4) is 11.5 Å². The number of hydrogen-bond acceptors (Lipinski definition) is 5. The summed E-state index contributed by atoms with van der Waals surface area (Å²) < 4.78 is 10.8. The van der Waals surface area contributed by atoms with Crippen molar-refractivity contribution < 1.29 is 19.1 Å². The molecule has 174 valence electrons. The monoisotopic (exact) mass is 448 g/mol. The van der Waals surface area contributed by atoms with Gasteiger partial charge in [-0.3, -0.25) is 14.5 Å². The molecule has 6 nitrogen and oxygen atoms in total. The topological polar surface area (TPSA) is 67.9 Å². The molecular weight excluding hydrogens is 416 g/mol. The van der Waals surface area contributed by atoms with Crippen molar-refractivity contribution in [3.63, 3.8) is 0 Å². The number of hydrogen-bond donors (Lipinski definition) is 1. The van der Waals surface area contributed by atoms with Gasteiger partial charge in [0.25, 0.3) is 11.8 Å². The molecule has 4 rings (SSSR count). The molecule has 0 atom stereocenters. The second kappa shape index (κ2) is 10.1. The second-order valence-corrected chi connectivity index (χ2v) is 8.77. The maximum Gasteiger partial charge on any atom is 0.278 e. The van der Waals surface area contributed by atoms with Crippen LogP contribution in [0.5, 0.6) is 11.5 Å². The quantitative estimate of drug-likeness (QED) is 0.379. The number of benzene rings is 2. The van der Waals surface area contributed by atoms with E-state index in [4.69, 9.17) is 9.47 Å². The predicted molar refractivity (Wildman–Crippen MR) is 129 cm³/mol. The van der Waals surface area contributed by atoms with Crippen LogP contribution in [-0.2, 0) is 9.59 Å². The first-order valence-corrected chi connectivity index (χ1v) is 11.8. The fourth-order valence-electron chi connectivity index (χ4n) is 4.23. The van der Waals surface area contributed by atoms with Crippen molar-refractivity contribution in [3.05, 3.63) is 58.8 Å².